The number of rotatable bonds is 5. The molecule has 0 radical (unpaired) electrons. The van der Waals surface area contributed by atoms with Crippen LogP contribution >= 0.6 is 0 Å². The van der Waals surface area contributed by atoms with Crippen molar-refractivity contribution in [2.24, 2.45) is 0 Å². The lowest BCUT2D eigenvalue weighted by atomic mass is 9.85. The van der Waals surface area contributed by atoms with Crippen molar-refractivity contribution in [1.29, 1.82) is 0 Å². The zero-order valence-electron chi connectivity index (χ0n) is 13.7. The molecule has 1 fully saturated rings. The number of non-ortho nitro benzene ring substituents is 1. The van der Waals surface area contributed by atoms with Gasteiger partial charge in [-0.05, 0) is 49.6 Å². The van der Waals surface area contributed by atoms with E-state index in [1.807, 2.05) is 13.0 Å². The summed E-state index contributed by atoms with van der Waals surface area (Å²) in [5, 5.41) is 10.7. The molecule has 130 valence electrons. The SMILES string of the molecule is Cc1ccc(S(=O)(=O)NC2CC/C2=C\c2ccc([N+](=O)[O-])cc2)cc1. The Morgan fingerprint density at radius 2 is 1.76 bits per heavy atom. The van der Waals surface area contributed by atoms with E-state index < -0.39 is 14.9 Å². The van der Waals surface area contributed by atoms with Gasteiger partial charge in [0.2, 0.25) is 10.0 Å². The Kier molecular flexibility index (Phi) is 4.69. The molecule has 1 atom stereocenters. The predicted octanol–water partition coefficient (Wildman–Crippen LogP) is 3.43. The first-order valence-corrected chi connectivity index (χ1v) is 9.37. The Morgan fingerprint density at radius 3 is 2.28 bits per heavy atom. The fourth-order valence-electron chi connectivity index (χ4n) is 2.64. The number of nitrogens with one attached hydrogen (secondary N) is 1. The summed E-state index contributed by atoms with van der Waals surface area (Å²) in [5.41, 5.74) is 2.83. The van der Waals surface area contributed by atoms with Crippen molar-refractivity contribution in [2.45, 2.75) is 30.7 Å². The van der Waals surface area contributed by atoms with Crippen LogP contribution in [-0.4, -0.2) is 19.4 Å². The molecular formula is C18H18N2O4S. The summed E-state index contributed by atoms with van der Waals surface area (Å²) in [7, 11) is -3.56. The van der Waals surface area contributed by atoms with Gasteiger partial charge in [-0.3, -0.25) is 10.1 Å². The molecule has 0 spiro atoms. The van der Waals surface area contributed by atoms with Gasteiger partial charge in [-0.1, -0.05) is 29.3 Å². The second-order valence-electron chi connectivity index (χ2n) is 6.09. The molecule has 1 aliphatic carbocycles. The van der Waals surface area contributed by atoms with Gasteiger partial charge in [0.05, 0.1) is 9.82 Å². The minimum atomic E-state index is -3.56. The van der Waals surface area contributed by atoms with Crippen LogP contribution in [0.2, 0.25) is 0 Å². The highest BCUT2D eigenvalue weighted by Gasteiger charge is 2.29. The molecule has 0 aromatic heterocycles. The number of benzene rings is 2. The van der Waals surface area contributed by atoms with Crippen molar-refractivity contribution in [3.05, 3.63) is 75.3 Å². The third kappa shape index (κ3) is 3.94. The van der Waals surface area contributed by atoms with Gasteiger partial charge in [0, 0.05) is 18.2 Å². The number of sulfonamides is 1. The molecule has 0 heterocycles. The summed E-state index contributed by atoms with van der Waals surface area (Å²) in [5.74, 6) is 0. The average molecular weight is 358 g/mol. The third-order valence-electron chi connectivity index (χ3n) is 4.25. The van der Waals surface area contributed by atoms with Gasteiger partial charge >= 0.3 is 0 Å². The standard InChI is InChI=1S/C18H18N2O4S/c1-13-2-9-17(10-3-13)25(23,24)19-18-11-6-15(18)12-14-4-7-16(8-5-14)20(21)22/h2-5,7-10,12,18-19H,6,11H2,1H3/b15-12+. The van der Waals surface area contributed by atoms with E-state index in [0.717, 1.165) is 29.5 Å². The van der Waals surface area contributed by atoms with Crippen LogP contribution in [0.3, 0.4) is 0 Å². The molecule has 0 saturated heterocycles. The van der Waals surface area contributed by atoms with Crippen LogP contribution in [0.1, 0.15) is 24.0 Å². The Bertz CT molecular complexity index is 917. The molecule has 1 aliphatic rings. The van der Waals surface area contributed by atoms with E-state index >= 15 is 0 Å². The molecule has 2 aromatic rings. The lowest BCUT2D eigenvalue weighted by Gasteiger charge is -2.30. The van der Waals surface area contributed by atoms with E-state index in [9.17, 15) is 18.5 Å². The first-order chi connectivity index (χ1) is 11.8. The maximum absolute atomic E-state index is 12.5. The highest BCUT2D eigenvalue weighted by molar-refractivity contribution is 7.89. The van der Waals surface area contributed by atoms with Crippen LogP contribution in [-0.2, 0) is 10.0 Å². The van der Waals surface area contributed by atoms with Gasteiger partial charge in [-0.2, -0.15) is 0 Å². The summed E-state index contributed by atoms with van der Waals surface area (Å²) in [4.78, 5) is 10.5. The quantitative estimate of drug-likeness (QED) is 0.655. The van der Waals surface area contributed by atoms with Gasteiger partial charge in [0.1, 0.15) is 0 Å². The zero-order valence-corrected chi connectivity index (χ0v) is 14.5. The van der Waals surface area contributed by atoms with E-state index in [1.54, 1.807) is 36.4 Å². The van der Waals surface area contributed by atoms with Crippen molar-refractivity contribution in [2.75, 3.05) is 0 Å². The van der Waals surface area contributed by atoms with E-state index in [1.165, 1.54) is 12.1 Å². The summed E-state index contributed by atoms with van der Waals surface area (Å²) in [6.45, 7) is 1.90. The molecule has 3 rings (SSSR count). The lowest BCUT2D eigenvalue weighted by Crippen LogP contribution is -2.41. The Hall–Kier alpha value is -2.51. The number of hydrogen-bond donors (Lipinski definition) is 1. The van der Waals surface area contributed by atoms with Gasteiger partial charge < -0.3 is 0 Å². The van der Waals surface area contributed by atoms with E-state index in [-0.39, 0.29) is 16.6 Å². The smallest absolute Gasteiger partial charge is 0.258 e. The fraction of sp³-hybridized carbons (Fsp3) is 0.222. The molecule has 0 amide bonds. The summed E-state index contributed by atoms with van der Waals surface area (Å²) < 4.78 is 27.6. The largest absolute Gasteiger partial charge is 0.269 e. The average Bonchev–Trinajstić information content (AvgIpc) is 2.57. The predicted molar refractivity (Wildman–Crippen MR) is 95.6 cm³/mol. The van der Waals surface area contributed by atoms with E-state index in [0.29, 0.717) is 0 Å². The summed E-state index contributed by atoms with van der Waals surface area (Å²) in [6, 6.07) is 12.7. The van der Waals surface area contributed by atoms with Gasteiger partial charge in [-0.15, -0.1) is 0 Å². The van der Waals surface area contributed by atoms with Gasteiger partial charge in [0.25, 0.3) is 5.69 Å². The zero-order chi connectivity index (χ0) is 18.0. The molecule has 6 nitrogen and oxygen atoms in total. The molecule has 7 heteroatoms. The molecule has 0 bridgehead atoms. The highest BCUT2D eigenvalue weighted by atomic mass is 32.2. The second-order valence-corrected chi connectivity index (χ2v) is 7.81. The van der Waals surface area contributed by atoms with Crippen molar-refractivity contribution < 1.29 is 13.3 Å². The van der Waals surface area contributed by atoms with Crippen LogP contribution in [0.25, 0.3) is 6.08 Å². The van der Waals surface area contributed by atoms with Crippen molar-refractivity contribution in [1.82, 2.24) is 4.72 Å². The molecule has 1 saturated carbocycles. The van der Waals surface area contributed by atoms with Gasteiger partial charge in [-0.25, -0.2) is 13.1 Å². The monoisotopic (exact) mass is 358 g/mol. The van der Waals surface area contributed by atoms with Crippen molar-refractivity contribution in [3.8, 4) is 0 Å². The Labute approximate surface area is 146 Å². The maximum Gasteiger partial charge on any atom is 0.269 e. The highest BCUT2D eigenvalue weighted by Crippen LogP contribution is 2.30. The normalized spacial score (nSPS) is 18.8. The second kappa shape index (κ2) is 6.78. The topological polar surface area (TPSA) is 89.3 Å². The first kappa shape index (κ1) is 17.3. The summed E-state index contributed by atoms with van der Waals surface area (Å²) in [6.07, 6.45) is 3.43. The van der Waals surface area contributed by atoms with E-state index in [2.05, 4.69) is 4.72 Å². The van der Waals surface area contributed by atoms with Crippen LogP contribution in [0.4, 0.5) is 5.69 Å². The molecule has 1 N–H and O–H groups in total. The van der Waals surface area contributed by atoms with Crippen molar-refractivity contribution >= 4 is 21.8 Å². The lowest BCUT2D eigenvalue weighted by molar-refractivity contribution is -0.384. The first-order valence-electron chi connectivity index (χ1n) is 7.89. The fourth-order valence-corrected chi connectivity index (χ4v) is 3.92. The van der Waals surface area contributed by atoms with Crippen molar-refractivity contribution in [3.63, 3.8) is 0 Å². The number of nitrogens with zero attached hydrogens (tertiary/aromatic N) is 1. The molecule has 1 unspecified atom stereocenters. The molecule has 0 aliphatic heterocycles. The maximum atomic E-state index is 12.5. The van der Waals surface area contributed by atoms with E-state index in [4.69, 9.17) is 0 Å². The summed E-state index contributed by atoms with van der Waals surface area (Å²) >= 11 is 0. The minimum Gasteiger partial charge on any atom is -0.258 e. The van der Waals surface area contributed by atoms with Crippen LogP contribution < -0.4 is 4.72 Å². The molecule has 2 aromatic carbocycles. The number of nitro groups is 1. The van der Waals surface area contributed by atoms with Crippen LogP contribution in [0.5, 0.6) is 0 Å². The number of nitro benzene ring substituents is 1. The van der Waals surface area contributed by atoms with Gasteiger partial charge in [0.15, 0.2) is 0 Å². The Balaban J connectivity index is 1.73. The minimum absolute atomic E-state index is 0.0346. The van der Waals surface area contributed by atoms with Crippen LogP contribution in [0.15, 0.2) is 59.0 Å². The number of hydrogen-bond acceptors (Lipinski definition) is 4. The molecule has 25 heavy (non-hydrogen) atoms. The third-order valence-corrected chi connectivity index (χ3v) is 5.74. The molecular weight excluding hydrogens is 340 g/mol. The Morgan fingerprint density at radius 1 is 1.12 bits per heavy atom. The van der Waals surface area contributed by atoms with Crippen LogP contribution in [0, 0.1) is 17.0 Å². The number of aryl methyl sites for hydroxylation is 1.